The minimum atomic E-state index is -0.718. The zero-order valence-electron chi connectivity index (χ0n) is 7.80. The average Bonchev–Trinajstić information content (AvgIpc) is 2.25. The first-order valence-electron chi connectivity index (χ1n) is 4.42. The van der Waals surface area contributed by atoms with E-state index in [0.717, 1.165) is 0 Å². The van der Waals surface area contributed by atoms with Crippen molar-refractivity contribution >= 4 is 0 Å². The van der Waals surface area contributed by atoms with E-state index in [1.807, 2.05) is 18.2 Å². The fourth-order valence-electron chi connectivity index (χ4n) is 0.959. The van der Waals surface area contributed by atoms with Crippen molar-refractivity contribution in [3.63, 3.8) is 0 Å². The van der Waals surface area contributed by atoms with Crippen molar-refractivity contribution in [2.45, 2.75) is 6.29 Å². The van der Waals surface area contributed by atoms with Gasteiger partial charge in [-0.05, 0) is 12.1 Å². The van der Waals surface area contributed by atoms with Crippen LogP contribution in [0.1, 0.15) is 0 Å². The lowest BCUT2D eigenvalue weighted by molar-refractivity contribution is -0.113. The molecule has 0 aliphatic heterocycles. The van der Waals surface area contributed by atoms with Crippen LogP contribution in [0.15, 0.2) is 30.3 Å². The lowest BCUT2D eigenvalue weighted by atomic mass is 10.3. The first-order valence-corrected chi connectivity index (χ1v) is 4.42. The van der Waals surface area contributed by atoms with E-state index >= 15 is 0 Å². The first-order chi connectivity index (χ1) is 6.86. The molecule has 14 heavy (non-hydrogen) atoms. The Hall–Kier alpha value is -1.10. The van der Waals surface area contributed by atoms with Gasteiger partial charge in [-0.25, -0.2) is 0 Å². The number of benzene rings is 1. The van der Waals surface area contributed by atoms with Gasteiger partial charge in [-0.3, -0.25) is 0 Å². The molecule has 1 unspecified atom stereocenters. The highest BCUT2D eigenvalue weighted by Gasteiger charge is 2.08. The van der Waals surface area contributed by atoms with Crippen LogP contribution in [-0.4, -0.2) is 36.3 Å². The summed E-state index contributed by atoms with van der Waals surface area (Å²) in [7, 11) is 0. The van der Waals surface area contributed by atoms with Crippen LogP contribution in [0.4, 0.5) is 0 Å². The summed E-state index contributed by atoms with van der Waals surface area (Å²) >= 11 is 0. The number of aliphatic hydroxyl groups excluding tert-OH is 2. The highest BCUT2D eigenvalue weighted by atomic mass is 16.7. The van der Waals surface area contributed by atoms with Gasteiger partial charge in [-0.15, -0.1) is 0 Å². The van der Waals surface area contributed by atoms with Crippen LogP contribution in [0.2, 0.25) is 0 Å². The smallest absolute Gasteiger partial charge is 0.223 e. The monoisotopic (exact) mass is 198 g/mol. The number of aliphatic hydroxyl groups is 2. The lowest BCUT2D eigenvalue weighted by Gasteiger charge is -2.16. The van der Waals surface area contributed by atoms with Crippen LogP contribution < -0.4 is 4.74 Å². The van der Waals surface area contributed by atoms with Crippen LogP contribution >= 0.6 is 0 Å². The van der Waals surface area contributed by atoms with Gasteiger partial charge in [0.25, 0.3) is 0 Å². The van der Waals surface area contributed by atoms with Crippen molar-refractivity contribution in [3.05, 3.63) is 30.3 Å². The molecule has 1 atom stereocenters. The van der Waals surface area contributed by atoms with E-state index in [1.54, 1.807) is 12.1 Å². The summed E-state index contributed by atoms with van der Waals surface area (Å²) in [4.78, 5) is 0. The lowest BCUT2D eigenvalue weighted by Crippen LogP contribution is -2.26. The molecule has 0 saturated carbocycles. The predicted molar refractivity (Wildman–Crippen MR) is 51.0 cm³/mol. The Morgan fingerprint density at radius 3 is 2.43 bits per heavy atom. The molecule has 0 heterocycles. The van der Waals surface area contributed by atoms with Crippen molar-refractivity contribution < 1.29 is 19.7 Å². The zero-order chi connectivity index (χ0) is 10.2. The third-order valence-electron chi connectivity index (χ3n) is 1.55. The largest absolute Gasteiger partial charge is 0.462 e. The van der Waals surface area contributed by atoms with Gasteiger partial charge >= 0.3 is 0 Å². The Bertz CT molecular complexity index is 237. The molecule has 0 bridgehead atoms. The van der Waals surface area contributed by atoms with Crippen LogP contribution in [0.25, 0.3) is 0 Å². The molecule has 1 rings (SSSR count). The van der Waals surface area contributed by atoms with Crippen LogP contribution in [0.5, 0.6) is 5.75 Å². The molecule has 1 aromatic rings. The summed E-state index contributed by atoms with van der Waals surface area (Å²) in [6.07, 6.45) is -0.718. The van der Waals surface area contributed by atoms with Gasteiger partial charge in [-0.1, -0.05) is 18.2 Å². The summed E-state index contributed by atoms with van der Waals surface area (Å²) < 4.78 is 10.3. The fourth-order valence-corrected chi connectivity index (χ4v) is 0.959. The minimum Gasteiger partial charge on any atom is -0.462 e. The Balaban J connectivity index is 2.40. The predicted octanol–water partition coefficient (Wildman–Crippen LogP) is 0.393. The minimum absolute atomic E-state index is 0.0886. The highest BCUT2D eigenvalue weighted by Crippen LogP contribution is 2.10. The number of hydrogen-bond donors (Lipinski definition) is 2. The van der Waals surface area contributed by atoms with Gasteiger partial charge in [0.1, 0.15) is 12.4 Å². The molecule has 0 aliphatic rings. The van der Waals surface area contributed by atoms with Crippen LogP contribution in [-0.2, 0) is 4.74 Å². The molecular formula is C10H14O4. The van der Waals surface area contributed by atoms with Crippen LogP contribution in [0, 0.1) is 0 Å². The average molecular weight is 198 g/mol. The van der Waals surface area contributed by atoms with Crippen LogP contribution in [0.3, 0.4) is 0 Å². The first kappa shape index (κ1) is 11.0. The topological polar surface area (TPSA) is 58.9 Å². The normalized spacial score (nSPS) is 12.4. The number of hydrogen-bond acceptors (Lipinski definition) is 4. The summed E-state index contributed by atoms with van der Waals surface area (Å²) in [5, 5.41) is 17.4. The maximum absolute atomic E-state index is 8.88. The summed E-state index contributed by atoms with van der Waals surface area (Å²) in [5.41, 5.74) is 0. The second-order valence-electron chi connectivity index (χ2n) is 2.64. The molecule has 2 N–H and O–H groups in total. The molecule has 0 aliphatic carbocycles. The van der Waals surface area contributed by atoms with Crippen molar-refractivity contribution in [2.24, 2.45) is 0 Å². The van der Waals surface area contributed by atoms with E-state index in [1.165, 1.54) is 0 Å². The molecular weight excluding hydrogens is 184 g/mol. The quantitative estimate of drug-likeness (QED) is 0.649. The van der Waals surface area contributed by atoms with E-state index in [9.17, 15) is 0 Å². The molecule has 0 saturated heterocycles. The van der Waals surface area contributed by atoms with Crippen molar-refractivity contribution in [3.8, 4) is 5.75 Å². The molecule has 0 spiro atoms. The Labute approximate surface area is 82.7 Å². The molecule has 78 valence electrons. The van der Waals surface area contributed by atoms with E-state index in [0.29, 0.717) is 5.75 Å². The summed E-state index contributed by atoms with van der Waals surface area (Å²) in [6.45, 7) is -0.179. The maximum atomic E-state index is 8.88. The molecule has 4 heteroatoms. The van der Waals surface area contributed by atoms with Crippen molar-refractivity contribution in [1.29, 1.82) is 0 Å². The van der Waals surface area contributed by atoms with E-state index < -0.39 is 6.29 Å². The molecule has 0 radical (unpaired) electrons. The number of para-hydroxylation sites is 1. The van der Waals surface area contributed by atoms with Gasteiger partial charge in [0.15, 0.2) is 0 Å². The van der Waals surface area contributed by atoms with Crippen molar-refractivity contribution in [1.82, 2.24) is 0 Å². The molecule has 0 amide bonds. The summed E-state index contributed by atoms with van der Waals surface area (Å²) in [6, 6.07) is 9.07. The number of rotatable bonds is 6. The Kier molecular flexibility index (Phi) is 4.99. The van der Waals surface area contributed by atoms with Gasteiger partial charge < -0.3 is 19.7 Å². The van der Waals surface area contributed by atoms with Gasteiger partial charge in [0.05, 0.1) is 13.2 Å². The van der Waals surface area contributed by atoms with Gasteiger partial charge in [0.2, 0.25) is 6.29 Å². The van der Waals surface area contributed by atoms with Crippen molar-refractivity contribution in [2.75, 3.05) is 19.8 Å². The van der Waals surface area contributed by atoms with E-state index in [-0.39, 0.29) is 19.8 Å². The van der Waals surface area contributed by atoms with E-state index in [4.69, 9.17) is 19.7 Å². The second kappa shape index (κ2) is 6.37. The molecule has 0 fully saturated rings. The molecule has 1 aromatic carbocycles. The molecule has 0 aromatic heterocycles. The molecule has 4 nitrogen and oxygen atoms in total. The maximum Gasteiger partial charge on any atom is 0.223 e. The number of ether oxygens (including phenoxy) is 2. The third kappa shape index (κ3) is 3.74. The Morgan fingerprint density at radius 1 is 1.14 bits per heavy atom. The second-order valence-corrected chi connectivity index (χ2v) is 2.64. The highest BCUT2D eigenvalue weighted by molar-refractivity contribution is 5.20. The SMILES string of the molecule is OCCOC(CO)Oc1ccccc1. The fraction of sp³-hybridized carbons (Fsp3) is 0.400. The summed E-state index contributed by atoms with van der Waals surface area (Å²) in [5.74, 6) is 0.629. The Morgan fingerprint density at radius 2 is 1.86 bits per heavy atom. The zero-order valence-corrected chi connectivity index (χ0v) is 7.80. The van der Waals surface area contributed by atoms with Gasteiger partial charge in [-0.2, -0.15) is 0 Å². The van der Waals surface area contributed by atoms with Gasteiger partial charge in [0, 0.05) is 0 Å². The third-order valence-corrected chi connectivity index (χ3v) is 1.55. The standard InChI is InChI=1S/C10H14O4/c11-6-7-13-10(8-12)14-9-4-2-1-3-5-9/h1-5,10-12H,6-8H2. The van der Waals surface area contributed by atoms with E-state index in [2.05, 4.69) is 0 Å².